The third-order valence-corrected chi connectivity index (χ3v) is 7.90. The highest BCUT2D eigenvalue weighted by molar-refractivity contribution is 6.00. The number of hydrogen-bond acceptors (Lipinski definition) is 5. The monoisotopic (exact) mass is 606 g/mol. The first-order valence-corrected chi connectivity index (χ1v) is 16.3. The molecule has 0 amide bonds. The number of rotatable bonds is 12. The standard InChI is InChI=1S/C36H46N6.C2H4O/c1-5-8-22-37-36(41-28(4)15-16-31-21-23-42-35(25-31)39-27-40-42)33-19-20-34(38-26-33)32(7-3)18-17-29(6-2)24-30-13-11-9-10-12-14-30;1-2-3/h5,8,15-21,23,25-27,30H,4,6-7,9-14,22,24H2,1-3H3,(H,37,41);2H,1H3/b8-5-,16-15+,29-17+,32-18+;. The summed E-state index contributed by atoms with van der Waals surface area (Å²) in [5, 5.41) is 7.54. The molecule has 1 saturated carbocycles. The highest BCUT2D eigenvalue weighted by Crippen LogP contribution is 2.29. The summed E-state index contributed by atoms with van der Waals surface area (Å²) in [4.78, 5) is 22.7. The quantitative estimate of drug-likeness (QED) is 0.0556. The third-order valence-electron chi connectivity index (χ3n) is 7.90. The first-order chi connectivity index (χ1) is 22.0. The van der Waals surface area contributed by atoms with E-state index in [-0.39, 0.29) is 0 Å². The molecule has 3 aromatic rings. The Morgan fingerprint density at radius 2 is 1.84 bits per heavy atom. The van der Waals surface area contributed by atoms with Gasteiger partial charge in [-0.3, -0.25) is 9.98 Å². The number of carbonyl (C=O) groups excluding carboxylic acids is 1. The normalized spacial score (nSPS) is 15.2. The van der Waals surface area contributed by atoms with Crippen molar-refractivity contribution in [2.45, 2.75) is 85.5 Å². The Bertz CT molecular complexity index is 1500. The second-order valence-electron chi connectivity index (χ2n) is 11.2. The van der Waals surface area contributed by atoms with Gasteiger partial charge in [0.25, 0.3) is 0 Å². The summed E-state index contributed by atoms with van der Waals surface area (Å²) in [6.07, 6.45) is 30.4. The maximum atomic E-state index is 8.81. The summed E-state index contributed by atoms with van der Waals surface area (Å²) in [6.45, 7) is 12.7. The zero-order valence-corrected chi connectivity index (χ0v) is 27.6. The van der Waals surface area contributed by atoms with Crippen LogP contribution in [0.3, 0.4) is 0 Å². The maximum Gasteiger partial charge on any atom is 0.155 e. The Hall–Kier alpha value is -4.39. The van der Waals surface area contributed by atoms with E-state index in [0.717, 1.165) is 59.0 Å². The van der Waals surface area contributed by atoms with Crippen LogP contribution in [0.15, 0.2) is 96.2 Å². The molecule has 0 aliphatic heterocycles. The number of aldehydes is 1. The average molecular weight is 607 g/mol. The predicted octanol–water partition coefficient (Wildman–Crippen LogP) is 8.96. The van der Waals surface area contributed by atoms with Gasteiger partial charge in [-0.15, -0.1) is 0 Å². The summed E-state index contributed by atoms with van der Waals surface area (Å²) in [7, 11) is 0. The van der Waals surface area contributed by atoms with Crippen LogP contribution in [-0.4, -0.2) is 38.2 Å². The fourth-order valence-electron chi connectivity index (χ4n) is 5.37. The minimum absolute atomic E-state index is 0.576. The lowest BCUT2D eigenvalue weighted by Gasteiger charge is -2.15. The lowest BCUT2D eigenvalue weighted by molar-refractivity contribution is -0.106. The Labute approximate surface area is 269 Å². The number of amidine groups is 1. The molecule has 45 heavy (non-hydrogen) atoms. The summed E-state index contributed by atoms with van der Waals surface area (Å²) >= 11 is 0. The smallest absolute Gasteiger partial charge is 0.155 e. The molecule has 0 aromatic carbocycles. The molecule has 7 nitrogen and oxygen atoms in total. The first kappa shape index (κ1) is 35.1. The predicted molar refractivity (Wildman–Crippen MR) is 189 cm³/mol. The second-order valence-corrected chi connectivity index (χ2v) is 11.2. The van der Waals surface area contributed by atoms with Crippen LogP contribution in [0.2, 0.25) is 0 Å². The molecule has 0 atom stereocenters. The summed E-state index contributed by atoms with van der Waals surface area (Å²) < 4.78 is 1.74. The van der Waals surface area contributed by atoms with E-state index in [4.69, 9.17) is 14.8 Å². The fraction of sp³-hybridized carbons (Fsp3) is 0.395. The van der Waals surface area contributed by atoms with Crippen molar-refractivity contribution in [3.8, 4) is 0 Å². The van der Waals surface area contributed by atoms with E-state index < -0.39 is 0 Å². The van der Waals surface area contributed by atoms with Gasteiger partial charge in [-0.05, 0) is 80.5 Å². The zero-order valence-electron chi connectivity index (χ0n) is 27.6. The molecule has 0 spiro atoms. The van der Waals surface area contributed by atoms with Gasteiger partial charge in [0.15, 0.2) is 5.65 Å². The second kappa shape index (κ2) is 19.8. The first-order valence-electron chi connectivity index (χ1n) is 16.3. The van der Waals surface area contributed by atoms with Gasteiger partial charge in [0.2, 0.25) is 0 Å². The molecule has 3 heterocycles. The highest BCUT2D eigenvalue weighted by atomic mass is 16.1. The summed E-state index contributed by atoms with van der Waals surface area (Å²) in [6, 6.07) is 8.17. The highest BCUT2D eigenvalue weighted by Gasteiger charge is 2.13. The van der Waals surface area contributed by atoms with Crippen LogP contribution < -0.4 is 5.32 Å². The van der Waals surface area contributed by atoms with Crippen LogP contribution in [0.25, 0.3) is 17.3 Å². The van der Waals surface area contributed by atoms with Crippen molar-refractivity contribution < 1.29 is 4.79 Å². The molecule has 0 bridgehead atoms. The average Bonchev–Trinajstić information content (AvgIpc) is 3.38. The summed E-state index contributed by atoms with van der Waals surface area (Å²) in [5.74, 6) is 1.60. The topological polar surface area (TPSA) is 84.5 Å². The number of pyridine rings is 2. The molecule has 0 unspecified atom stereocenters. The van der Waals surface area contributed by atoms with Gasteiger partial charge in [-0.1, -0.05) is 94.9 Å². The molecular formula is C38H50N6O. The van der Waals surface area contributed by atoms with Gasteiger partial charge in [-0.25, -0.2) is 9.50 Å². The molecule has 3 aromatic heterocycles. The summed E-state index contributed by atoms with van der Waals surface area (Å²) in [5.41, 5.74) is 7.31. The Morgan fingerprint density at radius 3 is 2.51 bits per heavy atom. The van der Waals surface area contributed by atoms with E-state index in [1.165, 1.54) is 57.4 Å². The number of carbonyl (C=O) groups is 1. The van der Waals surface area contributed by atoms with Crippen LogP contribution >= 0.6 is 0 Å². The molecule has 1 aliphatic rings. The van der Waals surface area contributed by atoms with Crippen LogP contribution in [-0.2, 0) is 4.79 Å². The number of allylic oxidation sites excluding steroid dienone is 6. The molecule has 0 saturated heterocycles. The number of nitrogens with zero attached hydrogens (tertiary/aromatic N) is 5. The van der Waals surface area contributed by atoms with Crippen LogP contribution in [0.5, 0.6) is 0 Å². The van der Waals surface area contributed by atoms with Gasteiger partial charge in [0.05, 0.1) is 12.2 Å². The molecule has 1 fully saturated rings. The molecule has 1 aliphatic carbocycles. The van der Waals surface area contributed by atoms with Crippen molar-refractivity contribution in [2.24, 2.45) is 10.9 Å². The molecule has 0 radical (unpaired) electrons. The molecule has 4 rings (SSSR count). The van der Waals surface area contributed by atoms with Gasteiger partial charge in [-0.2, -0.15) is 5.10 Å². The lowest BCUT2D eigenvalue weighted by Crippen LogP contribution is -2.23. The van der Waals surface area contributed by atoms with Gasteiger partial charge in [0.1, 0.15) is 18.4 Å². The zero-order chi connectivity index (χ0) is 32.3. The maximum absolute atomic E-state index is 8.81. The van der Waals surface area contributed by atoms with Crippen molar-refractivity contribution in [3.05, 3.63) is 108 Å². The van der Waals surface area contributed by atoms with Crippen molar-refractivity contribution in [1.82, 2.24) is 24.9 Å². The van der Waals surface area contributed by atoms with E-state index in [2.05, 4.69) is 60.1 Å². The van der Waals surface area contributed by atoms with Gasteiger partial charge < -0.3 is 10.1 Å². The van der Waals surface area contributed by atoms with Crippen LogP contribution in [0.1, 0.15) is 102 Å². The van der Waals surface area contributed by atoms with E-state index >= 15 is 0 Å². The molecule has 238 valence electrons. The fourth-order valence-corrected chi connectivity index (χ4v) is 5.37. The van der Waals surface area contributed by atoms with E-state index in [0.29, 0.717) is 6.54 Å². The van der Waals surface area contributed by atoms with E-state index in [1.54, 1.807) is 16.4 Å². The van der Waals surface area contributed by atoms with E-state index in [9.17, 15) is 0 Å². The number of nitrogens with one attached hydrogen (secondary N) is 1. The SMILES string of the molecule is C=C(/C=C/c1ccn2ncnc2c1)NC(=NC/C=C\C)c1ccc(/C(=C/C=C(\CC)CC2CCCCCC2)CC)nc1.CC=O. The number of fused-ring (bicyclic) bond motifs is 1. The number of aromatic nitrogens is 4. The third kappa shape index (κ3) is 11.9. The minimum Gasteiger partial charge on any atom is -0.341 e. The Balaban J connectivity index is 0.00000177. The lowest BCUT2D eigenvalue weighted by atomic mass is 9.91. The Kier molecular flexibility index (Phi) is 15.4. The molecular weight excluding hydrogens is 556 g/mol. The van der Waals surface area contributed by atoms with E-state index in [1.807, 2.05) is 55.8 Å². The minimum atomic E-state index is 0.576. The van der Waals surface area contributed by atoms with Gasteiger partial charge in [0, 0.05) is 23.7 Å². The van der Waals surface area contributed by atoms with Gasteiger partial charge >= 0.3 is 0 Å². The van der Waals surface area contributed by atoms with Crippen molar-refractivity contribution in [3.63, 3.8) is 0 Å². The van der Waals surface area contributed by atoms with Crippen molar-refractivity contribution >= 4 is 29.4 Å². The Morgan fingerprint density at radius 1 is 1.07 bits per heavy atom. The largest absolute Gasteiger partial charge is 0.341 e. The van der Waals surface area contributed by atoms with Crippen LogP contribution in [0, 0.1) is 5.92 Å². The molecule has 1 N–H and O–H groups in total. The van der Waals surface area contributed by atoms with Crippen LogP contribution in [0.4, 0.5) is 0 Å². The molecule has 7 heteroatoms. The van der Waals surface area contributed by atoms with Crippen molar-refractivity contribution in [2.75, 3.05) is 6.54 Å². The van der Waals surface area contributed by atoms with Crippen molar-refractivity contribution in [1.29, 1.82) is 0 Å². The number of hydrogen-bond donors (Lipinski definition) is 1. The number of aliphatic imine (C=N–C) groups is 1.